The molecule has 140 valence electrons. The molecule has 0 saturated heterocycles. The highest BCUT2D eigenvalue weighted by Crippen LogP contribution is 2.27. The minimum atomic E-state index is -0.982. The lowest BCUT2D eigenvalue weighted by molar-refractivity contribution is -0.152. The maximum absolute atomic E-state index is 12.9. The van der Waals surface area contributed by atoms with E-state index in [4.69, 9.17) is 9.15 Å². The molecule has 0 saturated carbocycles. The molecule has 0 unspecified atom stereocenters. The van der Waals surface area contributed by atoms with Crippen molar-refractivity contribution in [2.24, 2.45) is 0 Å². The highest BCUT2D eigenvalue weighted by atomic mass is 19.1. The summed E-state index contributed by atoms with van der Waals surface area (Å²) in [7, 11) is 0. The number of nitrogens with one attached hydrogen (secondary N) is 1. The van der Waals surface area contributed by atoms with Crippen molar-refractivity contribution in [3.05, 3.63) is 65.2 Å². The molecule has 0 bridgehead atoms. The molecule has 0 aliphatic heterocycles. The normalized spacial score (nSPS) is 12.0. The van der Waals surface area contributed by atoms with Crippen LogP contribution in [0.3, 0.4) is 0 Å². The Morgan fingerprint density at radius 1 is 1.15 bits per heavy atom. The van der Waals surface area contributed by atoms with Gasteiger partial charge in [0.1, 0.15) is 11.4 Å². The molecule has 0 aliphatic carbocycles. The van der Waals surface area contributed by atoms with Crippen molar-refractivity contribution in [1.82, 2.24) is 0 Å². The summed E-state index contributed by atoms with van der Waals surface area (Å²) in [4.78, 5) is 24.4. The average Bonchev–Trinajstić information content (AvgIpc) is 3.03. The molecule has 0 radical (unpaired) electrons. The van der Waals surface area contributed by atoms with E-state index >= 15 is 0 Å². The Morgan fingerprint density at radius 3 is 2.56 bits per heavy atom. The summed E-state index contributed by atoms with van der Waals surface area (Å²) in [6.07, 6.45) is 0.565. The number of esters is 1. The average molecular weight is 369 g/mol. The van der Waals surface area contributed by atoms with Crippen molar-refractivity contribution in [2.75, 3.05) is 5.32 Å². The zero-order valence-electron chi connectivity index (χ0n) is 15.3. The number of hydrogen-bond acceptors (Lipinski definition) is 4. The molecular weight excluding hydrogens is 349 g/mol. The van der Waals surface area contributed by atoms with Gasteiger partial charge in [-0.2, -0.15) is 0 Å². The molecule has 1 amide bonds. The molecule has 0 aliphatic rings. The molecule has 2 aromatic carbocycles. The molecule has 1 N–H and O–H groups in total. The third kappa shape index (κ3) is 4.16. The van der Waals surface area contributed by atoms with Crippen molar-refractivity contribution in [3.8, 4) is 0 Å². The van der Waals surface area contributed by atoms with Gasteiger partial charge in [-0.25, -0.2) is 4.39 Å². The zero-order valence-corrected chi connectivity index (χ0v) is 15.3. The van der Waals surface area contributed by atoms with Crippen LogP contribution in [0.2, 0.25) is 0 Å². The van der Waals surface area contributed by atoms with Crippen LogP contribution in [0.1, 0.15) is 23.6 Å². The SMILES string of the molecule is Cc1ccc2c(CC(=O)O[C@H](C)C(=O)Nc3ccc(F)cc3)coc2c1C. The Morgan fingerprint density at radius 2 is 1.85 bits per heavy atom. The Kier molecular flexibility index (Phi) is 5.26. The molecule has 1 heterocycles. The molecule has 0 fully saturated rings. The molecule has 27 heavy (non-hydrogen) atoms. The number of aryl methyl sites for hydroxylation is 2. The van der Waals surface area contributed by atoms with E-state index in [0.29, 0.717) is 11.3 Å². The summed E-state index contributed by atoms with van der Waals surface area (Å²) in [6, 6.07) is 9.22. The van der Waals surface area contributed by atoms with Crippen molar-refractivity contribution in [2.45, 2.75) is 33.3 Å². The van der Waals surface area contributed by atoms with Crippen LogP contribution in [0.5, 0.6) is 0 Å². The van der Waals surface area contributed by atoms with E-state index in [2.05, 4.69) is 5.32 Å². The summed E-state index contributed by atoms with van der Waals surface area (Å²) in [5.74, 6) is -1.42. The van der Waals surface area contributed by atoms with Crippen molar-refractivity contribution >= 4 is 28.5 Å². The Hall–Kier alpha value is -3.15. The Balaban J connectivity index is 1.62. The summed E-state index contributed by atoms with van der Waals surface area (Å²) >= 11 is 0. The monoisotopic (exact) mass is 369 g/mol. The molecule has 5 nitrogen and oxygen atoms in total. The van der Waals surface area contributed by atoms with Crippen molar-refractivity contribution in [3.63, 3.8) is 0 Å². The quantitative estimate of drug-likeness (QED) is 0.681. The van der Waals surface area contributed by atoms with Gasteiger partial charge in [0.2, 0.25) is 0 Å². The molecule has 1 atom stereocenters. The fourth-order valence-corrected chi connectivity index (χ4v) is 2.75. The zero-order chi connectivity index (χ0) is 19.6. The van der Waals surface area contributed by atoms with Crippen LogP contribution in [-0.4, -0.2) is 18.0 Å². The second kappa shape index (κ2) is 7.61. The third-order valence-electron chi connectivity index (χ3n) is 4.47. The number of carbonyl (C=O) groups is 2. The van der Waals surface area contributed by atoms with Gasteiger partial charge in [0, 0.05) is 16.6 Å². The second-order valence-electron chi connectivity index (χ2n) is 6.45. The highest BCUT2D eigenvalue weighted by Gasteiger charge is 2.20. The van der Waals surface area contributed by atoms with Crippen LogP contribution in [0, 0.1) is 19.7 Å². The smallest absolute Gasteiger partial charge is 0.311 e. The first-order valence-electron chi connectivity index (χ1n) is 8.57. The Labute approximate surface area is 156 Å². The van der Waals surface area contributed by atoms with Crippen LogP contribution in [-0.2, 0) is 20.7 Å². The van der Waals surface area contributed by atoms with Crippen LogP contribution in [0.25, 0.3) is 11.0 Å². The minimum Gasteiger partial charge on any atom is -0.464 e. The number of amides is 1. The standard InChI is InChI=1S/C21H20FNO4/c1-12-4-9-18-15(11-26-20(18)13(12)2)10-19(24)27-14(3)21(25)23-17-7-5-16(22)6-8-17/h4-9,11,14H,10H2,1-3H3,(H,23,25)/t14-/m1/s1. The number of hydrogen-bond donors (Lipinski definition) is 1. The third-order valence-corrected chi connectivity index (χ3v) is 4.47. The first kappa shape index (κ1) is 18.6. The molecular formula is C21H20FNO4. The van der Waals surface area contributed by atoms with Gasteiger partial charge in [-0.3, -0.25) is 9.59 Å². The molecule has 1 aromatic heterocycles. The number of rotatable bonds is 5. The molecule has 3 rings (SSSR count). The van der Waals surface area contributed by atoms with E-state index in [0.717, 1.165) is 22.1 Å². The maximum atomic E-state index is 12.9. The van der Waals surface area contributed by atoms with Gasteiger partial charge in [0.05, 0.1) is 12.7 Å². The van der Waals surface area contributed by atoms with E-state index in [1.165, 1.54) is 31.2 Å². The van der Waals surface area contributed by atoms with E-state index < -0.39 is 23.8 Å². The van der Waals surface area contributed by atoms with Gasteiger partial charge in [-0.05, 0) is 56.2 Å². The number of carbonyl (C=O) groups excluding carboxylic acids is 2. The van der Waals surface area contributed by atoms with Crippen molar-refractivity contribution < 1.29 is 23.1 Å². The second-order valence-corrected chi connectivity index (χ2v) is 6.45. The van der Waals surface area contributed by atoms with Gasteiger partial charge in [0.25, 0.3) is 5.91 Å². The van der Waals surface area contributed by atoms with Gasteiger partial charge >= 0.3 is 5.97 Å². The van der Waals surface area contributed by atoms with Crippen molar-refractivity contribution in [1.29, 1.82) is 0 Å². The number of halogens is 1. The minimum absolute atomic E-state index is 0.00364. The lowest BCUT2D eigenvalue weighted by atomic mass is 10.0. The molecule has 6 heteroatoms. The van der Waals surface area contributed by atoms with Gasteiger partial charge in [0.15, 0.2) is 6.10 Å². The van der Waals surface area contributed by atoms with Crippen LogP contribution in [0.15, 0.2) is 47.1 Å². The van der Waals surface area contributed by atoms with Crippen LogP contribution in [0.4, 0.5) is 10.1 Å². The molecule has 0 spiro atoms. The summed E-state index contributed by atoms with van der Waals surface area (Å²) in [5, 5.41) is 3.43. The topological polar surface area (TPSA) is 68.5 Å². The van der Waals surface area contributed by atoms with Gasteiger partial charge < -0.3 is 14.5 Å². The number of fused-ring (bicyclic) bond motifs is 1. The number of ether oxygens (including phenoxy) is 1. The Bertz CT molecular complexity index is 991. The summed E-state index contributed by atoms with van der Waals surface area (Å²) in [5.41, 5.74) is 4.02. The van der Waals surface area contributed by atoms with Crippen LogP contribution >= 0.6 is 0 Å². The van der Waals surface area contributed by atoms with E-state index in [-0.39, 0.29) is 6.42 Å². The van der Waals surface area contributed by atoms with E-state index in [1.807, 2.05) is 26.0 Å². The van der Waals surface area contributed by atoms with Crippen LogP contribution < -0.4 is 5.32 Å². The summed E-state index contributed by atoms with van der Waals surface area (Å²) in [6.45, 7) is 5.44. The highest BCUT2D eigenvalue weighted by molar-refractivity contribution is 5.95. The van der Waals surface area contributed by atoms with Gasteiger partial charge in [-0.15, -0.1) is 0 Å². The van der Waals surface area contributed by atoms with E-state index in [1.54, 1.807) is 6.26 Å². The maximum Gasteiger partial charge on any atom is 0.311 e. The first-order valence-corrected chi connectivity index (χ1v) is 8.57. The fraction of sp³-hybridized carbons (Fsp3) is 0.238. The first-order chi connectivity index (χ1) is 12.8. The predicted molar refractivity (Wildman–Crippen MR) is 100.0 cm³/mol. The molecule has 3 aromatic rings. The number of furan rings is 1. The lowest BCUT2D eigenvalue weighted by Gasteiger charge is -2.13. The largest absolute Gasteiger partial charge is 0.464 e. The number of anilines is 1. The number of benzene rings is 2. The van der Waals surface area contributed by atoms with Gasteiger partial charge in [-0.1, -0.05) is 12.1 Å². The lowest BCUT2D eigenvalue weighted by Crippen LogP contribution is -2.30. The fourth-order valence-electron chi connectivity index (χ4n) is 2.75. The van der Waals surface area contributed by atoms with E-state index in [9.17, 15) is 14.0 Å². The summed E-state index contributed by atoms with van der Waals surface area (Å²) < 4.78 is 23.7. The predicted octanol–water partition coefficient (Wildman–Crippen LogP) is 4.30.